The summed E-state index contributed by atoms with van der Waals surface area (Å²) >= 11 is 5.84. The van der Waals surface area contributed by atoms with Gasteiger partial charge in [0.2, 0.25) is 0 Å². The second-order valence-electron chi connectivity index (χ2n) is 6.18. The zero-order valence-corrected chi connectivity index (χ0v) is 13.8. The van der Waals surface area contributed by atoms with Gasteiger partial charge in [0, 0.05) is 11.1 Å². The Morgan fingerprint density at radius 3 is 2.40 bits per heavy atom. The number of nitrogens with one attached hydrogen (secondary N) is 1. The lowest BCUT2D eigenvalue weighted by atomic mass is 9.73. The molecule has 0 heterocycles. The van der Waals surface area contributed by atoms with Gasteiger partial charge in [-0.1, -0.05) is 31.9 Å². The Labute approximate surface area is 126 Å². The average Bonchev–Trinajstić information content (AvgIpc) is 2.37. The average molecular weight is 316 g/mol. The van der Waals surface area contributed by atoms with Crippen LogP contribution in [0.3, 0.4) is 0 Å². The van der Waals surface area contributed by atoms with Gasteiger partial charge in [-0.25, -0.2) is 8.42 Å². The summed E-state index contributed by atoms with van der Waals surface area (Å²) in [4.78, 5) is 0.366. The molecule has 1 N–H and O–H groups in total. The van der Waals surface area contributed by atoms with Crippen LogP contribution in [0.4, 0.5) is 0 Å². The summed E-state index contributed by atoms with van der Waals surface area (Å²) in [7, 11) is -1.48. The monoisotopic (exact) mass is 315 g/mol. The van der Waals surface area contributed by atoms with Crippen molar-refractivity contribution in [2.45, 2.75) is 49.3 Å². The Morgan fingerprint density at radius 2 is 1.85 bits per heavy atom. The molecule has 1 aromatic carbocycles. The molecule has 1 fully saturated rings. The maximum atomic E-state index is 12.9. The van der Waals surface area contributed by atoms with Crippen LogP contribution in [0.2, 0.25) is 5.02 Å². The Hall–Kier alpha value is -0.580. The normalized spacial score (nSPS) is 26.4. The van der Waals surface area contributed by atoms with Gasteiger partial charge < -0.3 is 5.32 Å². The van der Waals surface area contributed by atoms with Gasteiger partial charge in [-0.05, 0) is 49.6 Å². The zero-order chi connectivity index (χ0) is 15.0. The maximum Gasteiger partial charge on any atom is 0.182 e. The number of sulfone groups is 1. The third-order valence-corrected chi connectivity index (χ3v) is 6.86. The molecule has 0 bridgehead atoms. The molecule has 2 rings (SSSR count). The molecular weight excluding hydrogens is 294 g/mol. The van der Waals surface area contributed by atoms with Crippen molar-refractivity contribution in [2.24, 2.45) is 5.41 Å². The summed E-state index contributed by atoms with van der Waals surface area (Å²) in [6.07, 6.45) is 2.70. The molecule has 3 nitrogen and oxygen atoms in total. The molecule has 1 aliphatic rings. The Kier molecular flexibility index (Phi) is 4.47. The molecular formula is C15H22ClNO2S. The summed E-state index contributed by atoms with van der Waals surface area (Å²) in [6.45, 7) is 4.27. The van der Waals surface area contributed by atoms with Gasteiger partial charge >= 0.3 is 0 Å². The molecule has 0 aromatic heterocycles. The highest BCUT2D eigenvalue weighted by atomic mass is 35.5. The van der Waals surface area contributed by atoms with Crippen LogP contribution in [-0.2, 0) is 9.84 Å². The molecule has 0 spiro atoms. The van der Waals surface area contributed by atoms with E-state index < -0.39 is 9.84 Å². The SMILES string of the molecule is CNC1C(S(=O)(=O)c2ccc(Cl)cc2)CCCC1(C)C. The van der Waals surface area contributed by atoms with Crippen LogP contribution >= 0.6 is 11.6 Å². The van der Waals surface area contributed by atoms with Gasteiger partial charge in [-0.3, -0.25) is 0 Å². The molecule has 1 saturated carbocycles. The van der Waals surface area contributed by atoms with E-state index in [0.29, 0.717) is 16.3 Å². The van der Waals surface area contributed by atoms with E-state index in [9.17, 15) is 8.42 Å². The highest BCUT2D eigenvalue weighted by molar-refractivity contribution is 7.92. The van der Waals surface area contributed by atoms with E-state index in [0.717, 1.165) is 12.8 Å². The topological polar surface area (TPSA) is 46.2 Å². The molecule has 20 heavy (non-hydrogen) atoms. The lowest BCUT2D eigenvalue weighted by molar-refractivity contribution is 0.178. The van der Waals surface area contributed by atoms with Crippen molar-refractivity contribution in [3.63, 3.8) is 0 Å². The fourth-order valence-electron chi connectivity index (χ4n) is 3.29. The van der Waals surface area contributed by atoms with E-state index in [-0.39, 0.29) is 16.7 Å². The predicted molar refractivity (Wildman–Crippen MR) is 82.9 cm³/mol. The third kappa shape index (κ3) is 2.87. The van der Waals surface area contributed by atoms with Gasteiger partial charge in [-0.15, -0.1) is 0 Å². The van der Waals surface area contributed by atoms with E-state index in [1.165, 1.54) is 0 Å². The standard InChI is InChI=1S/C15H22ClNO2S/c1-15(2)10-4-5-13(14(15)17-3)20(18,19)12-8-6-11(16)7-9-12/h6-9,13-14,17H,4-5,10H2,1-3H3. The highest BCUT2D eigenvalue weighted by Crippen LogP contribution is 2.40. The largest absolute Gasteiger partial charge is 0.315 e. The molecule has 1 aromatic rings. The van der Waals surface area contributed by atoms with E-state index in [1.807, 2.05) is 7.05 Å². The first kappa shape index (κ1) is 15.8. The van der Waals surface area contributed by atoms with Crippen molar-refractivity contribution >= 4 is 21.4 Å². The number of halogens is 1. The maximum absolute atomic E-state index is 12.9. The van der Waals surface area contributed by atoms with E-state index in [1.54, 1.807) is 24.3 Å². The van der Waals surface area contributed by atoms with Crippen LogP contribution in [0, 0.1) is 5.41 Å². The fraction of sp³-hybridized carbons (Fsp3) is 0.600. The van der Waals surface area contributed by atoms with Gasteiger partial charge in [0.15, 0.2) is 9.84 Å². The smallest absolute Gasteiger partial charge is 0.182 e. The first-order chi connectivity index (χ1) is 9.29. The first-order valence-electron chi connectivity index (χ1n) is 6.96. The van der Waals surface area contributed by atoms with E-state index in [2.05, 4.69) is 19.2 Å². The quantitative estimate of drug-likeness (QED) is 0.931. The number of rotatable bonds is 3. The van der Waals surface area contributed by atoms with Crippen molar-refractivity contribution in [1.29, 1.82) is 0 Å². The number of hydrogen-bond acceptors (Lipinski definition) is 3. The second kappa shape index (κ2) is 5.66. The van der Waals surface area contributed by atoms with Crippen LogP contribution in [0.25, 0.3) is 0 Å². The highest BCUT2D eigenvalue weighted by Gasteiger charge is 2.44. The fourth-order valence-corrected chi connectivity index (χ4v) is 5.63. The van der Waals surface area contributed by atoms with Crippen molar-refractivity contribution in [2.75, 3.05) is 7.05 Å². The van der Waals surface area contributed by atoms with Gasteiger partial charge in [0.1, 0.15) is 0 Å². The van der Waals surface area contributed by atoms with Crippen LogP contribution in [0.1, 0.15) is 33.1 Å². The minimum Gasteiger partial charge on any atom is -0.315 e. The molecule has 0 aliphatic heterocycles. The van der Waals surface area contributed by atoms with Crippen molar-refractivity contribution in [3.8, 4) is 0 Å². The Balaban J connectivity index is 2.39. The van der Waals surface area contributed by atoms with E-state index in [4.69, 9.17) is 11.6 Å². The Bertz CT molecular complexity index is 566. The van der Waals surface area contributed by atoms with Gasteiger partial charge in [0.05, 0.1) is 10.1 Å². The molecule has 2 atom stereocenters. The third-order valence-electron chi connectivity index (χ3n) is 4.38. The van der Waals surface area contributed by atoms with Crippen molar-refractivity contribution in [3.05, 3.63) is 29.3 Å². The molecule has 112 valence electrons. The minimum absolute atomic E-state index is 0.0167. The molecule has 0 amide bonds. The zero-order valence-electron chi connectivity index (χ0n) is 12.2. The number of benzene rings is 1. The lowest BCUT2D eigenvalue weighted by Gasteiger charge is -2.43. The molecule has 5 heteroatoms. The summed E-state index contributed by atoms with van der Waals surface area (Å²) in [6, 6.07) is 6.45. The number of hydrogen-bond donors (Lipinski definition) is 1. The first-order valence-corrected chi connectivity index (χ1v) is 8.88. The molecule has 0 saturated heterocycles. The van der Waals surface area contributed by atoms with Crippen molar-refractivity contribution in [1.82, 2.24) is 5.32 Å². The van der Waals surface area contributed by atoms with Crippen LogP contribution < -0.4 is 5.32 Å². The summed E-state index contributed by atoms with van der Waals surface area (Å²) in [5, 5.41) is 3.40. The van der Waals surface area contributed by atoms with Crippen LogP contribution in [-0.4, -0.2) is 26.8 Å². The lowest BCUT2D eigenvalue weighted by Crippen LogP contribution is -2.54. The minimum atomic E-state index is -3.33. The van der Waals surface area contributed by atoms with Gasteiger partial charge in [-0.2, -0.15) is 0 Å². The Morgan fingerprint density at radius 1 is 1.25 bits per heavy atom. The predicted octanol–water partition coefficient (Wildman–Crippen LogP) is 3.28. The second-order valence-corrected chi connectivity index (χ2v) is 8.79. The summed E-state index contributed by atoms with van der Waals surface area (Å²) in [5.41, 5.74) is -0.0167. The summed E-state index contributed by atoms with van der Waals surface area (Å²) in [5.74, 6) is 0. The van der Waals surface area contributed by atoms with Crippen molar-refractivity contribution < 1.29 is 8.42 Å². The summed E-state index contributed by atoms with van der Waals surface area (Å²) < 4.78 is 25.7. The molecule has 2 unspecified atom stereocenters. The molecule has 1 aliphatic carbocycles. The van der Waals surface area contributed by atoms with Gasteiger partial charge in [0.25, 0.3) is 0 Å². The van der Waals surface area contributed by atoms with Crippen LogP contribution in [0.15, 0.2) is 29.2 Å². The van der Waals surface area contributed by atoms with Crippen LogP contribution in [0.5, 0.6) is 0 Å². The van der Waals surface area contributed by atoms with E-state index >= 15 is 0 Å². The molecule has 0 radical (unpaired) electrons.